The highest BCUT2D eigenvalue weighted by molar-refractivity contribution is 7.93. The summed E-state index contributed by atoms with van der Waals surface area (Å²) in [6.07, 6.45) is 1.93. The minimum atomic E-state index is -4.00. The first-order chi connectivity index (χ1) is 16.7. The Bertz CT molecular complexity index is 1420. The Morgan fingerprint density at radius 1 is 1.14 bits per heavy atom. The van der Waals surface area contributed by atoms with Crippen LogP contribution in [0.5, 0.6) is 11.5 Å². The molecule has 184 valence electrons. The zero-order chi connectivity index (χ0) is 25.2. The van der Waals surface area contributed by atoms with Crippen molar-refractivity contribution in [2.75, 3.05) is 18.9 Å². The van der Waals surface area contributed by atoms with Crippen molar-refractivity contribution in [3.8, 4) is 28.0 Å². The third kappa shape index (κ3) is 5.07. The summed E-state index contributed by atoms with van der Waals surface area (Å²) in [6.45, 7) is 3.33. The third-order valence-corrected chi connectivity index (χ3v) is 7.66. The number of rotatable bonds is 9. The lowest BCUT2D eigenvalue weighted by Gasteiger charge is -2.18. The predicted octanol–water partition coefficient (Wildman–Crippen LogP) is 3.02. The molecule has 1 N–H and O–H groups in total. The van der Waals surface area contributed by atoms with Gasteiger partial charge in [0.05, 0.1) is 31.9 Å². The molecular weight excluding hydrogens is 497 g/mol. The Morgan fingerprint density at radius 3 is 2.37 bits per heavy atom. The Balaban J connectivity index is 1.79. The van der Waals surface area contributed by atoms with Crippen LogP contribution in [0.4, 0.5) is 10.3 Å². The fourth-order valence-corrected chi connectivity index (χ4v) is 4.97. The van der Waals surface area contributed by atoms with Crippen LogP contribution in [0.3, 0.4) is 0 Å². The van der Waals surface area contributed by atoms with Gasteiger partial charge in [0.2, 0.25) is 16.0 Å². The molecule has 0 aliphatic carbocycles. The third-order valence-electron chi connectivity index (χ3n) is 5.01. The molecule has 3 heterocycles. The Hall–Kier alpha value is -3.65. The number of ether oxygens (including phenoxy) is 2. The minimum absolute atomic E-state index is 0.0414. The zero-order valence-electron chi connectivity index (χ0n) is 19.3. The van der Waals surface area contributed by atoms with E-state index in [2.05, 4.69) is 29.9 Å². The summed E-state index contributed by atoms with van der Waals surface area (Å²) < 4.78 is 54.6. The summed E-state index contributed by atoms with van der Waals surface area (Å²) >= 11 is 1.34. The van der Waals surface area contributed by atoms with E-state index in [-0.39, 0.29) is 18.2 Å². The van der Waals surface area contributed by atoms with Crippen LogP contribution in [-0.2, 0) is 16.4 Å². The van der Waals surface area contributed by atoms with Crippen LogP contribution < -0.4 is 14.2 Å². The maximum absolute atomic E-state index is 13.2. The van der Waals surface area contributed by atoms with E-state index in [1.807, 2.05) is 12.3 Å². The lowest BCUT2D eigenvalue weighted by molar-refractivity contribution is 0.391. The van der Waals surface area contributed by atoms with Crippen molar-refractivity contribution in [1.82, 2.24) is 29.7 Å². The van der Waals surface area contributed by atoms with E-state index >= 15 is 0 Å². The number of aryl methyl sites for hydroxylation is 1. The number of benzene rings is 1. The summed E-state index contributed by atoms with van der Waals surface area (Å²) in [4.78, 5) is 12.2. The monoisotopic (exact) mass is 519 g/mol. The van der Waals surface area contributed by atoms with Crippen molar-refractivity contribution in [3.63, 3.8) is 0 Å². The van der Waals surface area contributed by atoms with Gasteiger partial charge in [-0.3, -0.25) is 9.29 Å². The standard InChI is InChI=1S/C21H22FN7O4S2/c1-12-11-34-20(25-12)19-26-27-21(29(19)18-15(32-3)6-5-7-16(18)33-4)28-35(30,31)13(2)8-17-23-9-14(22)10-24-17/h5-7,9-11,13H,8H2,1-4H3,(H,27,28). The van der Waals surface area contributed by atoms with Gasteiger partial charge in [-0.1, -0.05) is 6.07 Å². The molecule has 0 bridgehead atoms. The van der Waals surface area contributed by atoms with Crippen molar-refractivity contribution in [3.05, 3.63) is 53.3 Å². The normalized spacial score (nSPS) is 12.4. The highest BCUT2D eigenvalue weighted by Gasteiger charge is 2.29. The first kappa shape index (κ1) is 24.5. The fraction of sp³-hybridized carbons (Fsp3) is 0.286. The van der Waals surface area contributed by atoms with Gasteiger partial charge in [0.1, 0.15) is 23.0 Å². The highest BCUT2D eigenvalue weighted by atomic mass is 32.2. The van der Waals surface area contributed by atoms with Gasteiger partial charge in [0, 0.05) is 17.5 Å². The average molecular weight is 520 g/mol. The molecule has 14 heteroatoms. The van der Waals surface area contributed by atoms with Crippen molar-refractivity contribution in [2.45, 2.75) is 25.5 Å². The van der Waals surface area contributed by atoms with E-state index in [9.17, 15) is 12.8 Å². The molecule has 1 unspecified atom stereocenters. The molecule has 0 aliphatic rings. The van der Waals surface area contributed by atoms with Gasteiger partial charge in [0.15, 0.2) is 16.6 Å². The SMILES string of the molecule is COc1cccc(OC)c1-n1c(NS(=O)(=O)C(C)Cc2ncc(F)cn2)nnc1-c1nc(C)cs1. The number of anilines is 1. The van der Waals surface area contributed by atoms with Gasteiger partial charge in [-0.15, -0.1) is 21.5 Å². The molecule has 0 saturated carbocycles. The summed E-state index contributed by atoms with van der Waals surface area (Å²) in [7, 11) is -1.02. The molecule has 0 radical (unpaired) electrons. The first-order valence-electron chi connectivity index (χ1n) is 10.3. The molecule has 1 aromatic carbocycles. The van der Waals surface area contributed by atoms with E-state index in [4.69, 9.17) is 9.47 Å². The topological polar surface area (TPSA) is 134 Å². The molecule has 4 rings (SSSR count). The van der Waals surface area contributed by atoms with Crippen LogP contribution in [0, 0.1) is 12.7 Å². The molecule has 0 aliphatic heterocycles. The number of para-hydroxylation sites is 1. The van der Waals surface area contributed by atoms with Crippen molar-refractivity contribution < 1.29 is 22.3 Å². The van der Waals surface area contributed by atoms with Crippen molar-refractivity contribution >= 4 is 27.3 Å². The Morgan fingerprint density at radius 2 is 1.80 bits per heavy atom. The molecule has 0 saturated heterocycles. The molecule has 0 fully saturated rings. The quantitative estimate of drug-likeness (QED) is 0.354. The molecular formula is C21H22FN7O4S2. The molecule has 35 heavy (non-hydrogen) atoms. The second-order valence-electron chi connectivity index (χ2n) is 7.47. The second kappa shape index (κ2) is 9.92. The number of thiazole rings is 1. The lowest BCUT2D eigenvalue weighted by Crippen LogP contribution is -2.29. The van der Waals surface area contributed by atoms with Crippen molar-refractivity contribution in [2.24, 2.45) is 0 Å². The smallest absolute Gasteiger partial charge is 0.243 e. The van der Waals surface area contributed by atoms with E-state index in [0.29, 0.717) is 28.0 Å². The number of aromatic nitrogens is 6. The average Bonchev–Trinajstić information content (AvgIpc) is 3.45. The molecule has 3 aromatic heterocycles. The molecule has 4 aromatic rings. The predicted molar refractivity (Wildman–Crippen MR) is 128 cm³/mol. The van der Waals surface area contributed by atoms with Crippen LogP contribution in [0.15, 0.2) is 36.0 Å². The zero-order valence-corrected chi connectivity index (χ0v) is 20.9. The van der Waals surface area contributed by atoms with E-state index in [1.54, 1.807) is 18.2 Å². The maximum atomic E-state index is 13.2. The highest BCUT2D eigenvalue weighted by Crippen LogP contribution is 2.38. The van der Waals surface area contributed by atoms with Crippen LogP contribution in [0.1, 0.15) is 18.4 Å². The fourth-order valence-electron chi connectivity index (χ4n) is 3.25. The van der Waals surface area contributed by atoms with E-state index in [0.717, 1.165) is 18.1 Å². The van der Waals surface area contributed by atoms with Gasteiger partial charge < -0.3 is 9.47 Å². The summed E-state index contributed by atoms with van der Waals surface area (Å²) in [5, 5.41) is 9.74. The van der Waals surface area contributed by atoms with Gasteiger partial charge in [-0.25, -0.2) is 27.8 Å². The maximum Gasteiger partial charge on any atom is 0.243 e. The largest absolute Gasteiger partial charge is 0.494 e. The van der Waals surface area contributed by atoms with Gasteiger partial charge >= 0.3 is 0 Å². The number of hydrogen-bond acceptors (Lipinski definition) is 10. The van der Waals surface area contributed by atoms with Gasteiger partial charge in [-0.2, -0.15) is 0 Å². The summed E-state index contributed by atoms with van der Waals surface area (Å²) in [6, 6.07) is 5.16. The van der Waals surface area contributed by atoms with Crippen LogP contribution in [0.25, 0.3) is 16.5 Å². The summed E-state index contributed by atoms with van der Waals surface area (Å²) in [5.41, 5.74) is 1.18. The number of sulfonamides is 1. The van der Waals surface area contributed by atoms with E-state index in [1.165, 1.54) is 37.0 Å². The first-order valence-corrected chi connectivity index (χ1v) is 12.7. The molecule has 1 atom stereocenters. The lowest BCUT2D eigenvalue weighted by atomic mass is 10.2. The van der Waals surface area contributed by atoms with Crippen LogP contribution in [-0.4, -0.2) is 57.6 Å². The molecule has 0 amide bonds. The summed E-state index contributed by atoms with van der Waals surface area (Å²) in [5.74, 6) is 0.627. The molecule has 0 spiro atoms. The minimum Gasteiger partial charge on any atom is -0.494 e. The number of nitrogens with one attached hydrogen (secondary N) is 1. The number of nitrogens with zero attached hydrogens (tertiary/aromatic N) is 6. The van der Waals surface area contributed by atoms with Gasteiger partial charge in [0.25, 0.3) is 0 Å². The number of methoxy groups -OCH3 is 2. The Kier molecular flexibility index (Phi) is 6.93. The van der Waals surface area contributed by atoms with Crippen molar-refractivity contribution in [1.29, 1.82) is 0 Å². The number of hydrogen-bond donors (Lipinski definition) is 1. The molecule has 11 nitrogen and oxygen atoms in total. The second-order valence-corrected chi connectivity index (χ2v) is 10.4. The number of halogens is 1. The van der Waals surface area contributed by atoms with E-state index < -0.39 is 21.1 Å². The van der Waals surface area contributed by atoms with Crippen LogP contribution in [0.2, 0.25) is 0 Å². The van der Waals surface area contributed by atoms with Crippen LogP contribution >= 0.6 is 11.3 Å². The Labute approximate surface area is 205 Å². The van der Waals surface area contributed by atoms with Gasteiger partial charge in [-0.05, 0) is 26.0 Å².